The summed E-state index contributed by atoms with van der Waals surface area (Å²) in [7, 11) is 0. The fourth-order valence-corrected chi connectivity index (χ4v) is 1.92. The molecule has 0 radical (unpaired) electrons. The Hall–Kier alpha value is -2.96. The van der Waals surface area contributed by atoms with E-state index in [-0.39, 0.29) is 0 Å². The molecule has 0 aliphatic carbocycles. The zero-order valence-electron chi connectivity index (χ0n) is 10.3. The Morgan fingerprint density at radius 1 is 1.25 bits per heavy atom. The molecule has 20 heavy (non-hydrogen) atoms. The molecule has 3 aromatic rings. The van der Waals surface area contributed by atoms with Gasteiger partial charge in [0.25, 0.3) is 0 Å². The van der Waals surface area contributed by atoms with Crippen LogP contribution in [0.25, 0.3) is 16.9 Å². The van der Waals surface area contributed by atoms with E-state index in [4.69, 9.17) is 5.11 Å². The summed E-state index contributed by atoms with van der Waals surface area (Å²) >= 11 is 0. The van der Waals surface area contributed by atoms with E-state index in [0.29, 0.717) is 11.3 Å². The molecule has 0 saturated heterocycles. The molecule has 0 fully saturated rings. The summed E-state index contributed by atoms with van der Waals surface area (Å²) in [6.07, 6.45) is 1.35. The molecule has 7 nitrogen and oxygen atoms in total. The maximum absolute atomic E-state index is 11.9. The van der Waals surface area contributed by atoms with Gasteiger partial charge in [-0.3, -0.25) is 4.79 Å². The highest BCUT2D eigenvalue weighted by atomic mass is 16.4. The zero-order valence-corrected chi connectivity index (χ0v) is 10.3. The van der Waals surface area contributed by atoms with Crippen LogP contribution in [0, 0.1) is 0 Å². The molecule has 0 unspecified atom stereocenters. The fraction of sp³-hybridized carbons (Fsp3) is 0.0769. The molecule has 2 aromatic heterocycles. The minimum atomic E-state index is -1.12. The van der Waals surface area contributed by atoms with Crippen molar-refractivity contribution >= 4 is 11.6 Å². The Morgan fingerprint density at radius 3 is 2.70 bits per heavy atom. The first-order valence-corrected chi connectivity index (χ1v) is 5.87. The third kappa shape index (κ3) is 2.05. The highest BCUT2D eigenvalue weighted by Gasteiger charge is 2.11. The smallest absolute Gasteiger partial charge is 0.352 e. The molecule has 0 aliphatic rings. The maximum atomic E-state index is 11.9. The molecule has 0 atom stereocenters. The third-order valence-corrected chi connectivity index (χ3v) is 2.83. The van der Waals surface area contributed by atoms with Crippen molar-refractivity contribution in [3.8, 4) is 11.3 Å². The number of rotatable bonds is 3. The van der Waals surface area contributed by atoms with Crippen molar-refractivity contribution in [2.45, 2.75) is 6.54 Å². The summed E-state index contributed by atoms with van der Waals surface area (Å²) in [4.78, 5) is 26.7. The SMILES string of the molecule is O=C(O)Cn1nc2cc(-c3ccccc3)ncn2c1=O. The molecule has 3 rings (SSSR count). The zero-order chi connectivity index (χ0) is 14.1. The van der Waals surface area contributed by atoms with Gasteiger partial charge in [0.05, 0.1) is 5.69 Å². The van der Waals surface area contributed by atoms with Gasteiger partial charge in [-0.25, -0.2) is 18.9 Å². The predicted octanol–water partition coefficient (Wildman–Crippen LogP) is 0.643. The van der Waals surface area contributed by atoms with Crippen LogP contribution in [-0.4, -0.2) is 30.2 Å². The van der Waals surface area contributed by atoms with Crippen LogP contribution in [0.15, 0.2) is 47.5 Å². The monoisotopic (exact) mass is 270 g/mol. The highest BCUT2D eigenvalue weighted by Crippen LogP contribution is 2.16. The van der Waals surface area contributed by atoms with Crippen LogP contribution in [0.5, 0.6) is 0 Å². The third-order valence-electron chi connectivity index (χ3n) is 2.83. The van der Waals surface area contributed by atoms with E-state index < -0.39 is 18.2 Å². The first-order chi connectivity index (χ1) is 9.65. The normalized spacial score (nSPS) is 10.8. The first kappa shape index (κ1) is 12.1. The summed E-state index contributed by atoms with van der Waals surface area (Å²) in [5, 5.41) is 12.7. The van der Waals surface area contributed by atoms with Crippen LogP contribution in [0.2, 0.25) is 0 Å². The van der Waals surface area contributed by atoms with E-state index in [1.807, 2.05) is 30.3 Å². The number of carbonyl (C=O) groups is 1. The van der Waals surface area contributed by atoms with Crippen molar-refractivity contribution in [1.29, 1.82) is 0 Å². The number of benzene rings is 1. The van der Waals surface area contributed by atoms with E-state index in [9.17, 15) is 9.59 Å². The minimum Gasteiger partial charge on any atom is -0.480 e. The van der Waals surface area contributed by atoms with Crippen LogP contribution in [0.1, 0.15) is 0 Å². The molecule has 2 heterocycles. The molecule has 7 heteroatoms. The molecule has 100 valence electrons. The molecule has 0 aliphatic heterocycles. The number of nitrogens with zero attached hydrogens (tertiary/aromatic N) is 4. The molecular weight excluding hydrogens is 260 g/mol. The van der Waals surface area contributed by atoms with Gasteiger partial charge in [-0.1, -0.05) is 30.3 Å². The number of fused-ring (bicyclic) bond motifs is 1. The number of carboxylic acids is 1. The molecule has 1 aromatic carbocycles. The van der Waals surface area contributed by atoms with Gasteiger partial charge in [-0.15, -0.1) is 5.10 Å². The predicted molar refractivity (Wildman–Crippen MR) is 70.3 cm³/mol. The van der Waals surface area contributed by atoms with Crippen LogP contribution >= 0.6 is 0 Å². The van der Waals surface area contributed by atoms with Crippen LogP contribution in [-0.2, 0) is 11.3 Å². The minimum absolute atomic E-state index is 0.366. The number of aliphatic carboxylic acids is 1. The lowest BCUT2D eigenvalue weighted by atomic mass is 10.1. The van der Waals surface area contributed by atoms with E-state index in [1.165, 1.54) is 10.7 Å². The number of hydrogen-bond acceptors (Lipinski definition) is 4. The number of aromatic nitrogens is 4. The van der Waals surface area contributed by atoms with Crippen molar-refractivity contribution in [1.82, 2.24) is 19.2 Å². The Kier molecular flexibility index (Phi) is 2.79. The molecule has 1 N–H and O–H groups in total. The Balaban J connectivity index is 2.13. The van der Waals surface area contributed by atoms with Crippen LogP contribution in [0.4, 0.5) is 0 Å². The second-order valence-corrected chi connectivity index (χ2v) is 4.20. The summed E-state index contributed by atoms with van der Waals surface area (Å²) < 4.78 is 2.11. The summed E-state index contributed by atoms with van der Waals surface area (Å²) in [6, 6.07) is 11.1. The van der Waals surface area contributed by atoms with Gasteiger partial charge in [0, 0.05) is 11.6 Å². The van der Waals surface area contributed by atoms with Crippen LogP contribution in [0.3, 0.4) is 0 Å². The average Bonchev–Trinajstić information content (AvgIpc) is 2.75. The van der Waals surface area contributed by atoms with Crippen molar-refractivity contribution in [2.24, 2.45) is 0 Å². The van der Waals surface area contributed by atoms with Crippen molar-refractivity contribution in [2.75, 3.05) is 0 Å². The second kappa shape index (κ2) is 4.61. The summed E-state index contributed by atoms with van der Waals surface area (Å²) in [5.41, 5.74) is 1.42. The van der Waals surface area contributed by atoms with Gasteiger partial charge in [-0.05, 0) is 0 Å². The topological polar surface area (TPSA) is 89.5 Å². The molecule has 0 spiro atoms. The quantitative estimate of drug-likeness (QED) is 0.754. The standard InChI is InChI=1S/C13H10N4O3/c18-12(19)7-17-13(20)16-8-14-10(6-11(16)15-17)9-4-2-1-3-5-9/h1-6,8H,7H2,(H,18,19). The Labute approximate surface area is 112 Å². The molecule has 0 bridgehead atoms. The van der Waals surface area contributed by atoms with Gasteiger partial charge in [0.2, 0.25) is 0 Å². The summed E-state index contributed by atoms with van der Waals surface area (Å²) in [5.74, 6) is -1.12. The lowest BCUT2D eigenvalue weighted by molar-refractivity contribution is -0.137. The number of carboxylic acid groups (broad SMARTS) is 1. The van der Waals surface area contributed by atoms with Gasteiger partial charge in [0.15, 0.2) is 5.65 Å². The molecule has 0 saturated carbocycles. The van der Waals surface area contributed by atoms with E-state index >= 15 is 0 Å². The lowest BCUT2D eigenvalue weighted by Gasteiger charge is -1.99. The van der Waals surface area contributed by atoms with Gasteiger partial charge in [-0.2, -0.15) is 0 Å². The van der Waals surface area contributed by atoms with Crippen LogP contribution < -0.4 is 5.69 Å². The highest BCUT2D eigenvalue weighted by molar-refractivity contribution is 5.66. The first-order valence-electron chi connectivity index (χ1n) is 5.87. The fourth-order valence-electron chi connectivity index (χ4n) is 1.92. The van der Waals surface area contributed by atoms with E-state index in [2.05, 4.69) is 10.1 Å². The van der Waals surface area contributed by atoms with Gasteiger partial charge >= 0.3 is 11.7 Å². The summed E-state index contributed by atoms with van der Waals surface area (Å²) in [6.45, 7) is -0.471. The average molecular weight is 270 g/mol. The maximum Gasteiger partial charge on any atom is 0.352 e. The molecule has 0 amide bonds. The Bertz CT molecular complexity index is 836. The van der Waals surface area contributed by atoms with E-state index in [1.54, 1.807) is 6.07 Å². The van der Waals surface area contributed by atoms with Gasteiger partial charge < -0.3 is 5.11 Å². The van der Waals surface area contributed by atoms with Crippen molar-refractivity contribution in [3.05, 3.63) is 53.2 Å². The van der Waals surface area contributed by atoms with Gasteiger partial charge in [0.1, 0.15) is 12.9 Å². The second-order valence-electron chi connectivity index (χ2n) is 4.20. The van der Waals surface area contributed by atoms with Crippen molar-refractivity contribution in [3.63, 3.8) is 0 Å². The number of hydrogen-bond donors (Lipinski definition) is 1. The molecular formula is C13H10N4O3. The largest absolute Gasteiger partial charge is 0.480 e. The lowest BCUT2D eigenvalue weighted by Crippen LogP contribution is -2.24. The van der Waals surface area contributed by atoms with E-state index in [0.717, 1.165) is 10.2 Å². The Morgan fingerprint density at radius 2 is 2.00 bits per heavy atom. The van der Waals surface area contributed by atoms with Crippen molar-refractivity contribution < 1.29 is 9.90 Å².